The van der Waals surface area contributed by atoms with Gasteiger partial charge in [-0.25, -0.2) is 91.4 Å². The molecule has 17 rings (SSSR count). The first-order chi connectivity index (χ1) is 58.0. The van der Waals surface area contributed by atoms with Crippen molar-refractivity contribution in [2.45, 2.75) is 51.0 Å². The normalized spacial score (nSPS) is 11.0. The van der Waals surface area contributed by atoms with E-state index in [0.29, 0.717) is 143 Å². The monoisotopic (exact) mass is 1650 g/mol. The van der Waals surface area contributed by atoms with E-state index in [1.165, 1.54) is 55.9 Å². The molecule has 0 aliphatic carbocycles. The number of amides is 5. The predicted octanol–water partition coefficient (Wildman–Crippen LogP) is 9.67. The summed E-state index contributed by atoms with van der Waals surface area (Å²) in [5.41, 5.74) is 38.9. The second kappa shape index (κ2) is 37.1. The van der Waals surface area contributed by atoms with Gasteiger partial charge in [0.05, 0.1) is 110 Å². The fraction of sp³-hybridized carbons (Fsp3) is 0.128. The van der Waals surface area contributed by atoms with Crippen molar-refractivity contribution in [3.8, 4) is 28.4 Å². The van der Waals surface area contributed by atoms with Crippen LogP contribution in [0.1, 0.15) is 50.7 Å². The molecule has 0 fully saturated rings. The predicted molar refractivity (Wildman–Crippen MR) is 455 cm³/mol. The van der Waals surface area contributed by atoms with Gasteiger partial charge in [0.15, 0.2) is 34.1 Å². The number of benzene rings is 6. The van der Waals surface area contributed by atoms with Gasteiger partial charge in [-0.2, -0.15) is 25.5 Å². The van der Waals surface area contributed by atoms with Crippen LogP contribution >= 0.6 is 11.6 Å². The van der Waals surface area contributed by atoms with Crippen LogP contribution in [0.3, 0.4) is 0 Å². The number of halogens is 1. The summed E-state index contributed by atoms with van der Waals surface area (Å²) in [5, 5.41) is 39.4. The number of carbonyl (C=O) groups is 4. The average molecular weight is 1660 g/mol. The Hall–Kier alpha value is -16.0. The fourth-order valence-corrected chi connectivity index (χ4v) is 12.9. The van der Waals surface area contributed by atoms with Crippen LogP contribution in [0.5, 0.6) is 0 Å². The van der Waals surface area contributed by atoms with E-state index in [1.54, 1.807) is 128 Å². The lowest BCUT2D eigenvalue weighted by atomic mass is 10.2. The fourth-order valence-electron chi connectivity index (χ4n) is 11.7. The van der Waals surface area contributed by atoms with Crippen molar-refractivity contribution >= 4 is 158 Å². The number of nitrogens with two attached hydrogens (primary N) is 5. The second-order valence-corrected chi connectivity index (χ2v) is 28.4. The van der Waals surface area contributed by atoms with Crippen LogP contribution in [-0.2, 0) is 31.4 Å². The summed E-state index contributed by atoms with van der Waals surface area (Å²) >= 11 is 5.81. The molecule has 11 heterocycles. The third-order valence-electron chi connectivity index (χ3n) is 17.4. The van der Waals surface area contributed by atoms with E-state index in [9.17, 15) is 27.6 Å². The van der Waals surface area contributed by atoms with Crippen molar-refractivity contribution < 1.29 is 32.3 Å². The summed E-state index contributed by atoms with van der Waals surface area (Å²) in [7, 11) is -0.427. The van der Waals surface area contributed by atoms with E-state index in [2.05, 4.69) is 112 Å². The number of nitrogens with zero attached hydrogens (tertiary/aromatic N) is 22. The number of nitrogen functional groups attached to an aromatic ring is 5. The topological polar surface area (TPSA) is 550 Å². The molecular formula is C78H76ClN33O7S. The Morgan fingerprint density at radius 2 is 0.775 bits per heavy atom. The lowest BCUT2D eigenvalue weighted by Gasteiger charge is -2.11. The zero-order chi connectivity index (χ0) is 84.6. The van der Waals surface area contributed by atoms with Crippen LogP contribution in [0.2, 0.25) is 5.02 Å². The SMILES string of the molecule is CC(C)NC(=O)Nc1cccc(-n2ncc3c(N)ncnc32)c1.CCCC(=O)Nc1cccc(-n2ncc3c(N)ncnc32)c1.COCCC(=O)Nc1cccc(-n2ncc3c(N)ncnc32)c1.Cn1ccnc1C(=O)Nc1cccc(-n2ncc3c(N)ncnc32)c1.Nc1ncnc2c1cnn2-c1cccc(NS(=O)(=O)c2ccc(Cl)cc2)c1. The average Bonchev–Trinajstić information content (AvgIpc) is 1.60. The molecule has 0 atom stereocenters. The van der Waals surface area contributed by atoms with Gasteiger partial charge in [0.2, 0.25) is 11.8 Å². The quantitative estimate of drug-likeness (QED) is 0.0358. The zero-order valence-electron chi connectivity index (χ0n) is 64.6. The maximum atomic E-state index is 12.6. The molecule has 42 heteroatoms. The lowest BCUT2D eigenvalue weighted by molar-refractivity contribution is -0.117. The molecule has 120 heavy (non-hydrogen) atoms. The number of hydrogen-bond donors (Lipinski definition) is 11. The zero-order valence-corrected chi connectivity index (χ0v) is 66.1. The van der Waals surface area contributed by atoms with Crippen molar-refractivity contribution in [3.63, 3.8) is 0 Å². The summed E-state index contributed by atoms with van der Waals surface area (Å²) < 4.78 is 42.4. The van der Waals surface area contributed by atoms with E-state index >= 15 is 0 Å². The van der Waals surface area contributed by atoms with E-state index in [0.717, 1.165) is 34.9 Å². The first kappa shape index (κ1) is 82.0. The van der Waals surface area contributed by atoms with Gasteiger partial charge in [0, 0.05) is 66.8 Å². The molecule has 6 aromatic carbocycles. The van der Waals surface area contributed by atoms with E-state index in [-0.39, 0.29) is 34.7 Å². The maximum absolute atomic E-state index is 12.6. The van der Waals surface area contributed by atoms with Gasteiger partial charge in [-0.3, -0.25) is 19.1 Å². The summed E-state index contributed by atoms with van der Waals surface area (Å²) in [4.78, 5) is 92.5. The van der Waals surface area contributed by atoms with E-state index in [1.807, 2.05) is 99.6 Å². The van der Waals surface area contributed by atoms with Crippen LogP contribution in [0.15, 0.2) is 226 Å². The molecule has 17 aromatic rings. The third kappa shape index (κ3) is 19.5. The van der Waals surface area contributed by atoms with Gasteiger partial charge in [0.1, 0.15) is 60.7 Å². The number of aromatic nitrogens is 22. The number of rotatable bonds is 19. The standard InChI is InChI=1S/C17H13ClN6O2S.C16H14N8O.C15H17N7O.C15H16N6O2.C15H16N6O/c18-11-4-6-14(7-5-11)27(25,26)23-12-2-1-3-13(8-12)24-17-15(9-22-24)16(19)20-10-21-17;1-23-6-5-18-15(23)16(25)22-10-3-2-4-11(7-10)24-14-12(8-21-24)13(17)19-9-20-14;1-9(2)20-15(23)21-10-4-3-5-11(6-10)22-14-12(7-19-22)13(16)17-8-18-14;1-23-6-5-13(22)20-10-3-2-4-11(7-10)21-15-12(8-19-21)14(16)17-9-18-15;1-2-4-13(22)20-10-5-3-6-11(7-10)21-15-12(8-19-21)14(16)17-9-18-15/h1-10,23H,(H2,19,20,21);2-9H,1H3,(H,22,25)(H2,17,19,20);3-9H,1-2H3,(H2,16,17,18)(H2,20,21,23);2-4,7-9H,5-6H2,1H3,(H,20,22)(H2,16,17,18);3,5-9H,2,4H2,1H3,(H,20,22)(H2,16,17,18). The molecule has 0 unspecified atom stereocenters. The molecule has 11 aromatic heterocycles. The number of anilines is 10. The summed E-state index contributed by atoms with van der Waals surface area (Å²) in [5.74, 6) is 1.77. The summed E-state index contributed by atoms with van der Waals surface area (Å²) in [6, 6.07) is 41.9. The van der Waals surface area contributed by atoms with Gasteiger partial charge >= 0.3 is 6.03 Å². The highest BCUT2D eigenvalue weighted by Gasteiger charge is 2.20. The molecule has 0 saturated heterocycles. The van der Waals surface area contributed by atoms with Crippen molar-refractivity contribution in [3.05, 3.63) is 231 Å². The number of nitrogens with one attached hydrogen (secondary N) is 6. The van der Waals surface area contributed by atoms with Crippen molar-refractivity contribution in [1.82, 2.24) is 114 Å². The van der Waals surface area contributed by atoms with Crippen molar-refractivity contribution in [1.29, 1.82) is 0 Å². The molecule has 40 nitrogen and oxygen atoms in total. The van der Waals surface area contributed by atoms with Gasteiger partial charge < -0.3 is 64.6 Å². The van der Waals surface area contributed by atoms with Gasteiger partial charge in [-0.05, 0) is 136 Å². The van der Waals surface area contributed by atoms with Gasteiger partial charge in [0.25, 0.3) is 15.9 Å². The number of hydrogen-bond acceptors (Lipinski definition) is 28. The van der Waals surface area contributed by atoms with Crippen LogP contribution in [0, 0.1) is 0 Å². The molecule has 0 spiro atoms. The Kier molecular flexibility index (Phi) is 25.3. The second-order valence-electron chi connectivity index (χ2n) is 26.2. The van der Waals surface area contributed by atoms with Crippen LogP contribution in [0.25, 0.3) is 83.6 Å². The molecular weight excluding hydrogens is 1580 g/mol. The Bertz CT molecular complexity index is 6690. The highest BCUT2D eigenvalue weighted by molar-refractivity contribution is 7.92. The number of urea groups is 1. The molecule has 0 bridgehead atoms. The smallest absolute Gasteiger partial charge is 0.319 e. The van der Waals surface area contributed by atoms with Gasteiger partial charge in [-0.1, -0.05) is 48.9 Å². The largest absolute Gasteiger partial charge is 0.384 e. The molecule has 608 valence electrons. The third-order valence-corrected chi connectivity index (χ3v) is 19.0. The van der Waals surface area contributed by atoms with E-state index < -0.39 is 10.0 Å². The molecule has 0 saturated carbocycles. The number of sulfonamides is 1. The molecule has 5 amide bonds. The minimum atomic E-state index is -3.75. The van der Waals surface area contributed by atoms with Crippen molar-refractivity contribution in [2.75, 3.05) is 68.4 Å². The summed E-state index contributed by atoms with van der Waals surface area (Å²) in [6.45, 7) is 6.15. The lowest BCUT2D eigenvalue weighted by Crippen LogP contribution is -2.34. The first-order valence-corrected chi connectivity index (χ1v) is 38.3. The molecule has 16 N–H and O–H groups in total. The Morgan fingerprint density at radius 3 is 1.11 bits per heavy atom. The minimum Gasteiger partial charge on any atom is -0.384 e. The number of methoxy groups -OCH3 is 1. The molecule has 0 radical (unpaired) electrons. The van der Waals surface area contributed by atoms with Crippen LogP contribution in [-0.4, -0.2) is 160 Å². The number of fused-ring (bicyclic) bond motifs is 5. The highest BCUT2D eigenvalue weighted by atomic mass is 35.5. The number of aryl methyl sites for hydroxylation is 1. The number of ether oxygens (including phenoxy) is 1. The van der Waals surface area contributed by atoms with Crippen molar-refractivity contribution in [2.24, 2.45) is 7.05 Å². The van der Waals surface area contributed by atoms with Crippen LogP contribution < -0.4 is 60.0 Å². The van der Waals surface area contributed by atoms with Gasteiger partial charge in [-0.15, -0.1) is 0 Å². The Labute approximate surface area is 686 Å². The number of imidazole rings is 1. The Morgan fingerprint density at radius 1 is 0.442 bits per heavy atom. The Balaban J connectivity index is 0.000000130. The number of carbonyl (C=O) groups excluding carboxylic acids is 4. The maximum Gasteiger partial charge on any atom is 0.319 e. The minimum absolute atomic E-state index is 0.00320. The first-order valence-electron chi connectivity index (χ1n) is 36.5. The molecule has 0 aliphatic heterocycles. The highest BCUT2D eigenvalue weighted by Crippen LogP contribution is 2.29. The van der Waals surface area contributed by atoms with Crippen LogP contribution in [0.4, 0.5) is 62.3 Å². The molecule has 0 aliphatic rings. The summed E-state index contributed by atoms with van der Waals surface area (Å²) in [6.07, 6.45) is 19.9. The van der Waals surface area contributed by atoms with E-state index in [4.69, 9.17) is 45.0 Å².